The Kier molecular flexibility index (Phi) is 2.03. The fourth-order valence-electron chi connectivity index (χ4n) is 2.36. The monoisotopic (exact) mass is 211 g/mol. The topological polar surface area (TPSA) is 30.0 Å². The second kappa shape index (κ2) is 3.41. The van der Waals surface area contributed by atoms with Crippen LogP contribution in [0.2, 0.25) is 0 Å². The third-order valence-corrected chi connectivity index (χ3v) is 3.25. The van der Waals surface area contributed by atoms with E-state index in [1.54, 1.807) is 6.92 Å². The molecule has 80 valence electrons. The third kappa shape index (κ3) is 1.42. The molecule has 0 saturated heterocycles. The first-order valence-corrected chi connectivity index (χ1v) is 5.67. The van der Waals surface area contributed by atoms with Gasteiger partial charge in [-0.25, -0.2) is 0 Å². The van der Waals surface area contributed by atoms with Gasteiger partial charge in [0.15, 0.2) is 5.78 Å². The van der Waals surface area contributed by atoms with E-state index in [4.69, 9.17) is 0 Å². The molecule has 1 heterocycles. The average molecular weight is 211 g/mol. The maximum atomic E-state index is 11.3. The average Bonchev–Trinajstić information content (AvgIpc) is 2.71. The van der Waals surface area contributed by atoms with E-state index in [0.717, 1.165) is 29.3 Å². The van der Waals surface area contributed by atoms with Crippen LogP contribution in [0.4, 0.5) is 0 Å². The van der Waals surface area contributed by atoms with Gasteiger partial charge in [0.1, 0.15) is 0 Å². The first-order chi connectivity index (χ1) is 7.74. The van der Waals surface area contributed by atoms with Crippen LogP contribution in [0, 0.1) is 0 Å². The molecule has 0 unspecified atom stereocenters. The number of rotatable bonds is 1. The van der Waals surface area contributed by atoms with Crippen molar-refractivity contribution in [3.63, 3.8) is 0 Å². The van der Waals surface area contributed by atoms with E-state index < -0.39 is 0 Å². The summed E-state index contributed by atoms with van der Waals surface area (Å²) in [5.74, 6) is 0.113. The van der Waals surface area contributed by atoms with Crippen molar-refractivity contribution < 1.29 is 4.79 Å². The van der Waals surface area contributed by atoms with Gasteiger partial charge < -0.3 is 0 Å². The summed E-state index contributed by atoms with van der Waals surface area (Å²) >= 11 is 0. The normalized spacial score (nSPS) is 14.1. The Labute approximate surface area is 94.3 Å². The Balaban J connectivity index is 2.24. The van der Waals surface area contributed by atoms with Gasteiger partial charge in [-0.15, -0.1) is 0 Å². The molecule has 0 fully saturated rings. The zero-order valence-electron chi connectivity index (χ0n) is 9.29. The van der Waals surface area contributed by atoms with E-state index >= 15 is 0 Å². The number of hydrogen-bond donors (Lipinski definition) is 0. The molecule has 0 spiro atoms. The SMILES string of the molecule is CC(=O)c1ccc2nc3c(cc2c1)CCC3. The smallest absolute Gasteiger partial charge is 0.159 e. The molecule has 0 atom stereocenters. The van der Waals surface area contributed by atoms with Crippen LogP contribution in [0.15, 0.2) is 24.3 Å². The van der Waals surface area contributed by atoms with Gasteiger partial charge in [0.05, 0.1) is 5.52 Å². The molecule has 16 heavy (non-hydrogen) atoms. The number of hydrogen-bond acceptors (Lipinski definition) is 2. The number of benzene rings is 1. The minimum atomic E-state index is 0.113. The van der Waals surface area contributed by atoms with Crippen molar-refractivity contribution in [2.45, 2.75) is 26.2 Å². The molecular formula is C14H13NO. The van der Waals surface area contributed by atoms with Crippen LogP contribution in [0.3, 0.4) is 0 Å². The molecule has 2 aromatic rings. The van der Waals surface area contributed by atoms with Gasteiger partial charge in [0, 0.05) is 16.6 Å². The van der Waals surface area contributed by atoms with E-state index in [-0.39, 0.29) is 5.78 Å². The Bertz CT molecular complexity index is 587. The minimum Gasteiger partial charge on any atom is -0.295 e. The van der Waals surface area contributed by atoms with E-state index in [0.29, 0.717) is 0 Å². The zero-order chi connectivity index (χ0) is 11.1. The predicted molar refractivity (Wildman–Crippen MR) is 63.8 cm³/mol. The van der Waals surface area contributed by atoms with Crippen molar-refractivity contribution in [2.24, 2.45) is 0 Å². The standard InChI is InChI=1S/C14H13NO/c1-9(16)10-5-6-14-12(7-10)8-11-3-2-4-13(11)15-14/h5-8H,2-4H2,1H3. The Hall–Kier alpha value is -1.70. The Morgan fingerprint density at radius 1 is 1.25 bits per heavy atom. The summed E-state index contributed by atoms with van der Waals surface area (Å²) in [4.78, 5) is 15.9. The molecule has 2 heteroatoms. The third-order valence-electron chi connectivity index (χ3n) is 3.25. The molecule has 0 aliphatic heterocycles. The van der Waals surface area contributed by atoms with Crippen molar-refractivity contribution in [2.75, 3.05) is 0 Å². The summed E-state index contributed by atoms with van der Waals surface area (Å²) in [6, 6.07) is 7.95. The lowest BCUT2D eigenvalue weighted by Crippen LogP contribution is -1.94. The summed E-state index contributed by atoms with van der Waals surface area (Å²) in [5, 5.41) is 1.09. The first-order valence-electron chi connectivity index (χ1n) is 5.67. The maximum Gasteiger partial charge on any atom is 0.159 e. The Morgan fingerprint density at radius 3 is 2.94 bits per heavy atom. The fourth-order valence-corrected chi connectivity index (χ4v) is 2.36. The van der Waals surface area contributed by atoms with Crippen LogP contribution in [-0.2, 0) is 12.8 Å². The summed E-state index contributed by atoms with van der Waals surface area (Å²) in [7, 11) is 0. The van der Waals surface area contributed by atoms with Crippen LogP contribution in [-0.4, -0.2) is 10.8 Å². The number of Topliss-reactive ketones (excluding diaryl/α,β-unsaturated/α-hetero) is 1. The molecule has 0 amide bonds. The van der Waals surface area contributed by atoms with E-state index in [1.807, 2.05) is 18.2 Å². The highest BCUT2D eigenvalue weighted by Crippen LogP contribution is 2.25. The number of aryl methyl sites for hydroxylation is 2. The molecule has 1 aliphatic carbocycles. The van der Waals surface area contributed by atoms with Crippen molar-refractivity contribution in [1.82, 2.24) is 4.98 Å². The van der Waals surface area contributed by atoms with Crippen LogP contribution in [0.5, 0.6) is 0 Å². The second-order valence-corrected chi connectivity index (χ2v) is 4.41. The van der Waals surface area contributed by atoms with Crippen molar-refractivity contribution in [3.05, 3.63) is 41.1 Å². The van der Waals surface area contributed by atoms with E-state index in [1.165, 1.54) is 17.7 Å². The molecule has 0 bridgehead atoms. The lowest BCUT2D eigenvalue weighted by Gasteiger charge is -2.04. The number of carbonyl (C=O) groups excluding carboxylic acids is 1. The molecule has 2 nitrogen and oxygen atoms in total. The van der Waals surface area contributed by atoms with Gasteiger partial charge in [-0.3, -0.25) is 9.78 Å². The lowest BCUT2D eigenvalue weighted by atomic mass is 10.1. The molecular weight excluding hydrogens is 198 g/mol. The lowest BCUT2D eigenvalue weighted by molar-refractivity contribution is 0.101. The summed E-state index contributed by atoms with van der Waals surface area (Å²) in [6.45, 7) is 1.60. The number of ketones is 1. The minimum absolute atomic E-state index is 0.113. The summed E-state index contributed by atoms with van der Waals surface area (Å²) in [5.41, 5.74) is 4.37. The number of pyridine rings is 1. The zero-order valence-corrected chi connectivity index (χ0v) is 9.29. The number of nitrogens with zero attached hydrogens (tertiary/aromatic N) is 1. The molecule has 0 saturated carbocycles. The van der Waals surface area contributed by atoms with Gasteiger partial charge in [-0.05, 0) is 56.0 Å². The molecule has 1 aromatic heterocycles. The number of carbonyl (C=O) groups is 1. The van der Waals surface area contributed by atoms with E-state index in [9.17, 15) is 4.79 Å². The first kappa shape index (κ1) is 9.52. The van der Waals surface area contributed by atoms with E-state index in [2.05, 4.69) is 11.1 Å². The summed E-state index contributed by atoms with van der Waals surface area (Å²) in [6.07, 6.45) is 3.43. The highest BCUT2D eigenvalue weighted by molar-refractivity contribution is 5.97. The van der Waals surface area contributed by atoms with Gasteiger partial charge in [0.2, 0.25) is 0 Å². The summed E-state index contributed by atoms with van der Waals surface area (Å²) < 4.78 is 0. The van der Waals surface area contributed by atoms with Gasteiger partial charge in [-0.2, -0.15) is 0 Å². The molecule has 0 N–H and O–H groups in total. The van der Waals surface area contributed by atoms with Gasteiger partial charge in [-0.1, -0.05) is 0 Å². The highest BCUT2D eigenvalue weighted by atomic mass is 16.1. The van der Waals surface area contributed by atoms with Crippen LogP contribution >= 0.6 is 0 Å². The highest BCUT2D eigenvalue weighted by Gasteiger charge is 2.13. The Morgan fingerprint density at radius 2 is 2.12 bits per heavy atom. The van der Waals surface area contributed by atoms with Crippen molar-refractivity contribution in [3.8, 4) is 0 Å². The largest absolute Gasteiger partial charge is 0.295 e. The van der Waals surface area contributed by atoms with Crippen LogP contribution in [0.25, 0.3) is 10.9 Å². The number of fused-ring (bicyclic) bond motifs is 2. The molecule has 1 aliphatic rings. The van der Waals surface area contributed by atoms with Gasteiger partial charge >= 0.3 is 0 Å². The quantitative estimate of drug-likeness (QED) is 0.679. The predicted octanol–water partition coefficient (Wildman–Crippen LogP) is 2.93. The number of aromatic nitrogens is 1. The fraction of sp³-hybridized carbons (Fsp3) is 0.286. The van der Waals surface area contributed by atoms with Crippen LogP contribution in [0.1, 0.15) is 35.0 Å². The van der Waals surface area contributed by atoms with Gasteiger partial charge in [0.25, 0.3) is 0 Å². The molecule has 0 radical (unpaired) electrons. The van der Waals surface area contributed by atoms with Crippen molar-refractivity contribution >= 4 is 16.7 Å². The maximum absolute atomic E-state index is 11.3. The molecule has 3 rings (SSSR count). The molecule has 1 aromatic carbocycles. The van der Waals surface area contributed by atoms with Crippen LogP contribution < -0.4 is 0 Å². The second-order valence-electron chi connectivity index (χ2n) is 4.41. The van der Waals surface area contributed by atoms with Crippen molar-refractivity contribution in [1.29, 1.82) is 0 Å².